The summed E-state index contributed by atoms with van der Waals surface area (Å²) >= 11 is 4.87. The maximum Gasteiger partial charge on any atom is 0.151 e. The quantitative estimate of drug-likeness (QED) is 0.644. The number of benzene rings is 1. The summed E-state index contributed by atoms with van der Waals surface area (Å²) in [5, 5.41) is 0.876. The van der Waals surface area contributed by atoms with Crippen LogP contribution < -0.4 is 0 Å². The molecule has 2 rings (SSSR count). The van der Waals surface area contributed by atoms with Crippen LogP contribution in [0.5, 0.6) is 0 Å². The van der Waals surface area contributed by atoms with Gasteiger partial charge in [0, 0.05) is 21.1 Å². The average molecular weight is 295 g/mol. The van der Waals surface area contributed by atoms with Crippen molar-refractivity contribution in [2.45, 2.75) is 9.92 Å². The zero-order valence-electron chi connectivity index (χ0n) is 8.13. The second kappa shape index (κ2) is 5.23. The number of hydrogen-bond donors (Lipinski definition) is 0. The van der Waals surface area contributed by atoms with Crippen LogP contribution >= 0.6 is 27.7 Å². The first-order valence-corrected chi connectivity index (χ1v) is 6.09. The van der Waals surface area contributed by atoms with Gasteiger partial charge in [-0.05, 0) is 24.3 Å². The van der Waals surface area contributed by atoms with Crippen molar-refractivity contribution in [2.24, 2.45) is 0 Å². The highest BCUT2D eigenvalue weighted by atomic mass is 79.9. The first kappa shape index (κ1) is 11.3. The standard InChI is InChI=1S/C11H7BrN2OS/c12-10-5-9(2-1-8(10)6-15)16-11-3-4-13-7-14-11/h1-7H. The zero-order valence-corrected chi connectivity index (χ0v) is 10.5. The summed E-state index contributed by atoms with van der Waals surface area (Å²) < 4.78 is 0.793. The van der Waals surface area contributed by atoms with Crippen LogP contribution in [0.2, 0.25) is 0 Å². The van der Waals surface area contributed by atoms with E-state index in [4.69, 9.17) is 0 Å². The minimum atomic E-state index is 0.645. The third kappa shape index (κ3) is 2.68. The first-order valence-electron chi connectivity index (χ1n) is 4.48. The summed E-state index contributed by atoms with van der Waals surface area (Å²) in [4.78, 5) is 19.6. The van der Waals surface area contributed by atoms with Crippen LogP contribution in [0, 0.1) is 0 Å². The molecule has 0 spiro atoms. The maximum atomic E-state index is 10.6. The number of nitrogens with zero attached hydrogens (tertiary/aromatic N) is 2. The number of halogens is 1. The van der Waals surface area contributed by atoms with Gasteiger partial charge in [-0.3, -0.25) is 4.79 Å². The molecule has 0 N–H and O–H groups in total. The first-order chi connectivity index (χ1) is 7.79. The fourth-order valence-corrected chi connectivity index (χ4v) is 2.53. The lowest BCUT2D eigenvalue weighted by molar-refractivity contribution is 0.112. The van der Waals surface area contributed by atoms with E-state index in [1.807, 2.05) is 18.2 Å². The molecule has 0 atom stereocenters. The number of rotatable bonds is 3. The van der Waals surface area contributed by atoms with E-state index in [1.165, 1.54) is 18.1 Å². The van der Waals surface area contributed by atoms with Crippen molar-refractivity contribution in [3.63, 3.8) is 0 Å². The predicted octanol–water partition coefficient (Wildman–Crippen LogP) is 3.20. The Hall–Kier alpha value is -1.20. The largest absolute Gasteiger partial charge is 0.298 e. The van der Waals surface area contributed by atoms with E-state index in [9.17, 15) is 4.79 Å². The Morgan fingerprint density at radius 3 is 2.81 bits per heavy atom. The molecule has 0 bridgehead atoms. The van der Waals surface area contributed by atoms with Crippen LogP contribution in [-0.4, -0.2) is 16.3 Å². The highest BCUT2D eigenvalue weighted by Crippen LogP contribution is 2.28. The summed E-state index contributed by atoms with van der Waals surface area (Å²) in [6.45, 7) is 0. The lowest BCUT2D eigenvalue weighted by atomic mass is 10.2. The van der Waals surface area contributed by atoms with Gasteiger partial charge in [-0.15, -0.1) is 0 Å². The molecule has 0 amide bonds. The summed E-state index contributed by atoms with van der Waals surface area (Å²) in [6, 6.07) is 7.41. The molecule has 0 fully saturated rings. The molecule has 2 aromatic rings. The van der Waals surface area contributed by atoms with Crippen molar-refractivity contribution in [3.8, 4) is 0 Å². The smallest absolute Gasteiger partial charge is 0.151 e. The van der Waals surface area contributed by atoms with Gasteiger partial charge in [0.1, 0.15) is 11.4 Å². The number of carbonyl (C=O) groups is 1. The van der Waals surface area contributed by atoms with Crippen LogP contribution in [-0.2, 0) is 0 Å². The van der Waals surface area contributed by atoms with Gasteiger partial charge in [0.05, 0.1) is 0 Å². The Bertz CT molecular complexity index is 505. The van der Waals surface area contributed by atoms with E-state index in [1.54, 1.807) is 12.3 Å². The second-order valence-corrected chi connectivity index (χ2v) is 4.90. The van der Waals surface area contributed by atoms with E-state index in [2.05, 4.69) is 25.9 Å². The van der Waals surface area contributed by atoms with E-state index in [-0.39, 0.29) is 0 Å². The van der Waals surface area contributed by atoms with E-state index in [0.29, 0.717) is 5.56 Å². The van der Waals surface area contributed by atoms with Crippen LogP contribution in [0.1, 0.15) is 10.4 Å². The van der Waals surface area contributed by atoms with Gasteiger partial charge >= 0.3 is 0 Å². The van der Waals surface area contributed by atoms with Gasteiger partial charge in [0.25, 0.3) is 0 Å². The third-order valence-electron chi connectivity index (χ3n) is 1.88. The van der Waals surface area contributed by atoms with E-state index < -0.39 is 0 Å². The minimum absolute atomic E-state index is 0.645. The molecular formula is C11H7BrN2OS. The van der Waals surface area contributed by atoms with Crippen LogP contribution in [0.3, 0.4) is 0 Å². The molecule has 80 valence electrons. The molecular weight excluding hydrogens is 288 g/mol. The zero-order chi connectivity index (χ0) is 11.4. The van der Waals surface area contributed by atoms with Crippen molar-refractivity contribution >= 4 is 34.0 Å². The number of carbonyl (C=O) groups excluding carboxylic acids is 1. The third-order valence-corrected chi connectivity index (χ3v) is 3.50. The van der Waals surface area contributed by atoms with Gasteiger partial charge in [-0.25, -0.2) is 9.97 Å². The monoisotopic (exact) mass is 294 g/mol. The van der Waals surface area contributed by atoms with Crippen LogP contribution in [0.25, 0.3) is 0 Å². The molecule has 3 nitrogen and oxygen atoms in total. The van der Waals surface area contributed by atoms with Gasteiger partial charge in [-0.1, -0.05) is 27.7 Å². The molecule has 0 aliphatic carbocycles. The lowest BCUT2D eigenvalue weighted by Gasteiger charge is -2.02. The highest BCUT2D eigenvalue weighted by Gasteiger charge is 2.02. The van der Waals surface area contributed by atoms with Crippen LogP contribution in [0.15, 0.2) is 51.2 Å². The normalized spacial score (nSPS) is 10.1. The van der Waals surface area contributed by atoms with Crippen molar-refractivity contribution in [1.82, 2.24) is 9.97 Å². The number of aromatic nitrogens is 2. The molecule has 0 aliphatic rings. The summed E-state index contributed by atoms with van der Waals surface area (Å²) in [5.41, 5.74) is 0.645. The second-order valence-electron chi connectivity index (χ2n) is 2.95. The highest BCUT2D eigenvalue weighted by molar-refractivity contribution is 9.10. The summed E-state index contributed by atoms with van der Waals surface area (Å²) in [6.07, 6.45) is 4.03. The minimum Gasteiger partial charge on any atom is -0.298 e. The molecule has 5 heteroatoms. The van der Waals surface area contributed by atoms with Gasteiger partial charge in [0.2, 0.25) is 0 Å². The SMILES string of the molecule is O=Cc1ccc(Sc2ccncn2)cc1Br. The van der Waals surface area contributed by atoms with Gasteiger partial charge in [0.15, 0.2) is 6.29 Å². The Morgan fingerprint density at radius 2 is 2.19 bits per heavy atom. The molecule has 0 saturated carbocycles. The fraction of sp³-hybridized carbons (Fsp3) is 0. The molecule has 0 unspecified atom stereocenters. The van der Waals surface area contributed by atoms with E-state index in [0.717, 1.165) is 20.7 Å². The number of aldehydes is 1. The predicted molar refractivity (Wildman–Crippen MR) is 65.7 cm³/mol. The van der Waals surface area contributed by atoms with Crippen molar-refractivity contribution in [3.05, 3.63) is 46.8 Å². The molecule has 1 heterocycles. The Kier molecular flexibility index (Phi) is 3.69. The summed E-state index contributed by atoms with van der Waals surface area (Å²) in [5.74, 6) is 0. The summed E-state index contributed by atoms with van der Waals surface area (Å²) in [7, 11) is 0. The van der Waals surface area contributed by atoms with Crippen LogP contribution in [0.4, 0.5) is 0 Å². The Morgan fingerprint density at radius 1 is 1.31 bits per heavy atom. The lowest BCUT2D eigenvalue weighted by Crippen LogP contribution is -1.84. The molecule has 0 aliphatic heterocycles. The molecule has 1 aromatic carbocycles. The van der Waals surface area contributed by atoms with Crippen molar-refractivity contribution < 1.29 is 4.79 Å². The topological polar surface area (TPSA) is 42.9 Å². The van der Waals surface area contributed by atoms with Crippen molar-refractivity contribution in [2.75, 3.05) is 0 Å². The molecule has 1 aromatic heterocycles. The Balaban J connectivity index is 2.23. The Labute approximate surface area is 105 Å². The van der Waals surface area contributed by atoms with Crippen molar-refractivity contribution in [1.29, 1.82) is 0 Å². The average Bonchev–Trinajstić information content (AvgIpc) is 2.31. The fourth-order valence-electron chi connectivity index (χ4n) is 1.13. The maximum absolute atomic E-state index is 10.6. The molecule has 16 heavy (non-hydrogen) atoms. The van der Waals surface area contributed by atoms with E-state index >= 15 is 0 Å². The van der Waals surface area contributed by atoms with Gasteiger partial charge in [-0.2, -0.15) is 0 Å². The number of hydrogen-bond acceptors (Lipinski definition) is 4. The van der Waals surface area contributed by atoms with Gasteiger partial charge < -0.3 is 0 Å². The molecule has 0 radical (unpaired) electrons. The molecule has 0 saturated heterocycles.